The number of amides is 1. The van der Waals surface area contributed by atoms with E-state index < -0.39 is 11.9 Å². The molecule has 0 unspecified atom stereocenters. The zero-order valence-electron chi connectivity index (χ0n) is 5.88. The quantitative estimate of drug-likeness (QED) is 0.290. The molecule has 1 aliphatic heterocycles. The van der Waals surface area contributed by atoms with Crippen LogP contribution < -0.4 is 10.6 Å². The van der Waals surface area contributed by atoms with E-state index in [1.165, 1.54) is 6.20 Å². The van der Waals surface area contributed by atoms with Crippen LogP contribution in [0.2, 0.25) is 0 Å². The number of carbonyl (C=O) groups excluding carboxylic acids is 1. The van der Waals surface area contributed by atoms with Crippen LogP contribution >= 0.6 is 0 Å². The summed E-state index contributed by atoms with van der Waals surface area (Å²) >= 11 is 0. The highest BCUT2D eigenvalue weighted by Gasteiger charge is 2.17. The molecule has 1 aliphatic rings. The zero-order valence-corrected chi connectivity index (χ0v) is 5.88. The average molecular weight is 156 g/mol. The maximum atomic E-state index is 10.9. The van der Waals surface area contributed by atoms with Crippen LogP contribution in [-0.4, -0.2) is 16.1 Å². The van der Waals surface area contributed by atoms with Crippen LogP contribution in [0.5, 0.6) is 0 Å². The molecule has 0 aromatic heterocycles. The first kappa shape index (κ1) is 7.46. The van der Waals surface area contributed by atoms with Crippen LogP contribution in [0.4, 0.5) is 0 Å². The lowest BCUT2D eigenvalue weighted by atomic mass is 10.3. The summed E-state index contributed by atoms with van der Waals surface area (Å²) in [6.07, 6.45) is 1.46. The van der Waals surface area contributed by atoms with Crippen molar-refractivity contribution in [3.63, 3.8) is 0 Å². The van der Waals surface area contributed by atoms with Gasteiger partial charge in [0.1, 0.15) is 0 Å². The van der Waals surface area contributed by atoms with Gasteiger partial charge in [-0.2, -0.15) is 0 Å². The van der Waals surface area contributed by atoms with Crippen molar-refractivity contribution in [2.24, 2.45) is 0 Å². The van der Waals surface area contributed by atoms with Crippen LogP contribution in [0.25, 0.3) is 0 Å². The second kappa shape index (κ2) is 2.53. The monoisotopic (exact) mass is 156 g/mol. The largest absolute Gasteiger partial charge is 0.479 e. The van der Waals surface area contributed by atoms with E-state index in [1.54, 1.807) is 6.92 Å². The minimum absolute atomic E-state index is 0.240. The lowest BCUT2D eigenvalue weighted by molar-refractivity contribution is -0.117. The molecule has 0 saturated heterocycles. The SMILES string of the molecule is CC1=CNC(=C(O)O)C(=O)N1. The number of carbonyl (C=O) groups is 1. The third-order valence-corrected chi connectivity index (χ3v) is 1.19. The Morgan fingerprint density at radius 1 is 1.55 bits per heavy atom. The molecular weight excluding hydrogens is 148 g/mol. The summed E-state index contributed by atoms with van der Waals surface area (Å²) in [5, 5.41) is 21.8. The van der Waals surface area contributed by atoms with Gasteiger partial charge in [-0.3, -0.25) is 4.79 Å². The minimum Gasteiger partial charge on any atom is -0.479 e. The van der Waals surface area contributed by atoms with Gasteiger partial charge in [0, 0.05) is 11.9 Å². The molecule has 0 aliphatic carbocycles. The molecule has 5 nitrogen and oxygen atoms in total. The highest BCUT2D eigenvalue weighted by atomic mass is 16.5. The molecule has 0 aromatic carbocycles. The Kier molecular flexibility index (Phi) is 1.72. The molecule has 0 saturated carbocycles. The van der Waals surface area contributed by atoms with E-state index in [-0.39, 0.29) is 5.70 Å². The van der Waals surface area contributed by atoms with Crippen molar-refractivity contribution in [1.29, 1.82) is 0 Å². The fourth-order valence-corrected chi connectivity index (χ4v) is 0.690. The Bertz CT molecular complexity index is 251. The predicted octanol–water partition coefficient (Wildman–Crippen LogP) is -0.148. The topological polar surface area (TPSA) is 81.6 Å². The summed E-state index contributed by atoms with van der Waals surface area (Å²) in [6, 6.07) is 0. The highest BCUT2D eigenvalue weighted by molar-refractivity contribution is 5.95. The number of aliphatic hydroxyl groups is 2. The zero-order chi connectivity index (χ0) is 8.43. The lowest BCUT2D eigenvalue weighted by Gasteiger charge is -2.14. The molecule has 1 rings (SSSR count). The van der Waals surface area contributed by atoms with Crippen molar-refractivity contribution < 1.29 is 15.0 Å². The van der Waals surface area contributed by atoms with Crippen LogP contribution in [-0.2, 0) is 4.79 Å². The van der Waals surface area contributed by atoms with Gasteiger partial charge in [-0.15, -0.1) is 0 Å². The number of hydrogen-bond donors (Lipinski definition) is 4. The van der Waals surface area contributed by atoms with Gasteiger partial charge in [0.25, 0.3) is 5.91 Å². The minimum atomic E-state index is -1.01. The number of rotatable bonds is 0. The summed E-state index contributed by atoms with van der Waals surface area (Å²) in [7, 11) is 0. The highest BCUT2D eigenvalue weighted by Crippen LogP contribution is 2.01. The van der Waals surface area contributed by atoms with Gasteiger partial charge in [0.05, 0.1) is 0 Å². The standard InChI is InChI=1S/C6H8N2O3/c1-3-2-7-4(6(10)11)5(9)8-3/h2,7,10-11H,1H3,(H,8,9). The number of aliphatic hydroxyl groups excluding tert-OH is 1. The molecule has 1 heterocycles. The third-order valence-electron chi connectivity index (χ3n) is 1.19. The third kappa shape index (κ3) is 1.43. The Morgan fingerprint density at radius 3 is 2.64 bits per heavy atom. The fraction of sp³-hybridized carbons (Fsp3) is 0.167. The van der Waals surface area contributed by atoms with Gasteiger partial charge in [-0.05, 0) is 6.92 Å². The van der Waals surface area contributed by atoms with E-state index in [0.717, 1.165) is 0 Å². The molecule has 4 N–H and O–H groups in total. The molecular formula is C6H8N2O3. The van der Waals surface area contributed by atoms with Gasteiger partial charge in [0.2, 0.25) is 0 Å². The molecule has 0 bridgehead atoms. The Hall–Kier alpha value is -1.65. The van der Waals surface area contributed by atoms with Crippen LogP contribution in [0.1, 0.15) is 6.92 Å². The molecule has 60 valence electrons. The summed E-state index contributed by atoms with van der Waals surface area (Å²) in [5.74, 6) is -1.56. The number of hydrogen-bond acceptors (Lipinski definition) is 4. The van der Waals surface area contributed by atoms with E-state index in [4.69, 9.17) is 10.2 Å². The molecule has 0 atom stereocenters. The summed E-state index contributed by atoms with van der Waals surface area (Å²) in [4.78, 5) is 10.9. The van der Waals surface area contributed by atoms with E-state index in [0.29, 0.717) is 5.70 Å². The smallest absolute Gasteiger partial charge is 0.304 e. The van der Waals surface area contributed by atoms with Crippen molar-refractivity contribution in [3.05, 3.63) is 23.5 Å². The average Bonchev–Trinajstić information content (AvgIpc) is 1.85. The van der Waals surface area contributed by atoms with Crippen molar-refractivity contribution in [2.45, 2.75) is 6.92 Å². The molecule has 11 heavy (non-hydrogen) atoms. The Morgan fingerprint density at radius 2 is 2.18 bits per heavy atom. The van der Waals surface area contributed by atoms with E-state index in [9.17, 15) is 4.79 Å². The van der Waals surface area contributed by atoms with Crippen molar-refractivity contribution in [1.82, 2.24) is 10.6 Å². The van der Waals surface area contributed by atoms with Crippen molar-refractivity contribution in [3.8, 4) is 0 Å². The molecule has 0 radical (unpaired) electrons. The molecule has 0 spiro atoms. The number of allylic oxidation sites excluding steroid dienone is 1. The van der Waals surface area contributed by atoms with Crippen molar-refractivity contribution >= 4 is 5.91 Å². The fourth-order valence-electron chi connectivity index (χ4n) is 0.690. The normalized spacial score (nSPS) is 16.6. The predicted molar refractivity (Wildman–Crippen MR) is 37.3 cm³/mol. The first-order chi connectivity index (χ1) is 5.11. The van der Waals surface area contributed by atoms with Gasteiger partial charge in [0.15, 0.2) is 5.70 Å². The number of nitrogens with one attached hydrogen (secondary N) is 2. The van der Waals surface area contributed by atoms with Gasteiger partial charge in [-0.1, -0.05) is 0 Å². The summed E-state index contributed by atoms with van der Waals surface area (Å²) in [6.45, 7) is 1.68. The van der Waals surface area contributed by atoms with Crippen LogP contribution in [0.15, 0.2) is 23.5 Å². The molecule has 1 amide bonds. The Labute approximate surface area is 63.0 Å². The molecule has 0 fully saturated rings. The summed E-state index contributed by atoms with van der Waals surface area (Å²) in [5.41, 5.74) is 0.385. The van der Waals surface area contributed by atoms with Crippen LogP contribution in [0, 0.1) is 0 Å². The van der Waals surface area contributed by atoms with E-state index in [2.05, 4.69) is 10.6 Å². The molecule has 5 heteroatoms. The first-order valence-electron chi connectivity index (χ1n) is 2.98. The van der Waals surface area contributed by atoms with Gasteiger partial charge >= 0.3 is 5.95 Å². The maximum Gasteiger partial charge on any atom is 0.304 e. The lowest BCUT2D eigenvalue weighted by Crippen LogP contribution is -2.35. The van der Waals surface area contributed by atoms with Gasteiger partial charge < -0.3 is 20.8 Å². The van der Waals surface area contributed by atoms with Crippen LogP contribution in [0.3, 0.4) is 0 Å². The van der Waals surface area contributed by atoms with Gasteiger partial charge in [-0.25, -0.2) is 0 Å². The van der Waals surface area contributed by atoms with E-state index in [1.807, 2.05) is 0 Å². The summed E-state index contributed by atoms with van der Waals surface area (Å²) < 4.78 is 0. The van der Waals surface area contributed by atoms with Crippen molar-refractivity contribution in [2.75, 3.05) is 0 Å². The second-order valence-corrected chi connectivity index (χ2v) is 2.12. The van der Waals surface area contributed by atoms with E-state index >= 15 is 0 Å². The Balaban J connectivity index is 2.91. The first-order valence-corrected chi connectivity index (χ1v) is 2.98. The maximum absolute atomic E-state index is 10.9. The second-order valence-electron chi connectivity index (χ2n) is 2.12. The molecule has 0 aromatic rings.